The van der Waals surface area contributed by atoms with Gasteiger partial charge >= 0.3 is 0 Å². The summed E-state index contributed by atoms with van der Waals surface area (Å²) in [5.41, 5.74) is 8.23. The molecule has 0 amide bonds. The molecule has 0 aliphatic rings. The average molecular weight is 503 g/mol. The van der Waals surface area contributed by atoms with Crippen molar-refractivity contribution in [1.82, 2.24) is 0 Å². The molecule has 0 spiro atoms. The Labute approximate surface area is 223 Å². The topological polar surface area (TPSA) is 58.9 Å². The molecular formula is C34H30O4. The third-order valence-corrected chi connectivity index (χ3v) is 6.47. The number of benzene rings is 5. The molecule has 190 valence electrons. The van der Waals surface area contributed by atoms with Crippen molar-refractivity contribution in [3.63, 3.8) is 0 Å². The van der Waals surface area contributed by atoms with Gasteiger partial charge in [-0.2, -0.15) is 0 Å². The predicted octanol–water partition coefficient (Wildman–Crippen LogP) is 8.56. The minimum absolute atomic E-state index is 0.255. The van der Waals surface area contributed by atoms with E-state index >= 15 is 0 Å². The molecule has 0 radical (unpaired) electrons. The first-order valence-electron chi connectivity index (χ1n) is 12.8. The van der Waals surface area contributed by atoms with Crippen molar-refractivity contribution in [2.45, 2.75) is 13.8 Å². The standard InChI is InChI=1S/C34H30O4/c1-3-37-33-21-32(28-11-7-24(8-12-28)26-15-19-30(36)20-16-26)34(38-4-2)22-31(33)27-9-5-23(6-10-27)25-13-17-29(35)18-14-25/h5-22,35-36H,3-4H2,1-2H3. The SMILES string of the molecule is CCOc1cc(-c2ccc(-c3ccc(O)cc3)cc2)c(OCC)cc1-c1ccc(-c2ccc(O)cc2)cc1. The smallest absolute Gasteiger partial charge is 0.127 e. The lowest BCUT2D eigenvalue weighted by Gasteiger charge is -2.18. The first-order valence-corrected chi connectivity index (χ1v) is 12.8. The molecule has 4 nitrogen and oxygen atoms in total. The zero-order valence-electron chi connectivity index (χ0n) is 21.5. The molecule has 2 N–H and O–H groups in total. The summed E-state index contributed by atoms with van der Waals surface area (Å²) in [5.74, 6) is 2.10. The Morgan fingerprint density at radius 3 is 0.974 bits per heavy atom. The predicted molar refractivity (Wildman–Crippen MR) is 154 cm³/mol. The molecule has 4 heteroatoms. The van der Waals surface area contributed by atoms with Gasteiger partial charge in [-0.05, 0) is 83.6 Å². The van der Waals surface area contributed by atoms with Crippen molar-refractivity contribution >= 4 is 0 Å². The van der Waals surface area contributed by atoms with Crippen molar-refractivity contribution in [3.8, 4) is 67.5 Å². The van der Waals surface area contributed by atoms with Gasteiger partial charge in [-0.25, -0.2) is 0 Å². The van der Waals surface area contributed by atoms with E-state index in [-0.39, 0.29) is 11.5 Å². The number of ether oxygens (including phenoxy) is 2. The second-order valence-electron chi connectivity index (χ2n) is 8.96. The molecule has 38 heavy (non-hydrogen) atoms. The van der Waals surface area contributed by atoms with E-state index in [1.54, 1.807) is 24.3 Å². The summed E-state index contributed by atoms with van der Waals surface area (Å²) in [6.45, 7) is 5.07. The van der Waals surface area contributed by atoms with Crippen LogP contribution in [-0.2, 0) is 0 Å². The van der Waals surface area contributed by atoms with E-state index in [1.807, 2.05) is 38.1 Å². The Balaban J connectivity index is 1.52. The fourth-order valence-electron chi connectivity index (χ4n) is 4.55. The van der Waals surface area contributed by atoms with Crippen LogP contribution in [0.2, 0.25) is 0 Å². The Morgan fingerprint density at radius 1 is 0.421 bits per heavy atom. The van der Waals surface area contributed by atoms with E-state index in [0.29, 0.717) is 13.2 Å². The molecule has 0 saturated heterocycles. The zero-order valence-corrected chi connectivity index (χ0v) is 21.5. The zero-order chi connectivity index (χ0) is 26.5. The normalized spacial score (nSPS) is 10.8. The summed E-state index contributed by atoms with van der Waals surface area (Å²) in [7, 11) is 0. The lowest BCUT2D eigenvalue weighted by Crippen LogP contribution is -1.99. The van der Waals surface area contributed by atoms with E-state index in [2.05, 4.69) is 60.7 Å². The molecule has 0 aliphatic heterocycles. The number of hydrogen-bond donors (Lipinski definition) is 2. The molecule has 5 aromatic carbocycles. The summed E-state index contributed by atoms with van der Waals surface area (Å²) in [6, 6.07) is 35.2. The Hall–Kier alpha value is -4.70. The summed E-state index contributed by atoms with van der Waals surface area (Å²) in [4.78, 5) is 0. The number of phenolic OH excluding ortho intramolecular Hbond substituents is 2. The summed E-state index contributed by atoms with van der Waals surface area (Å²) in [6.07, 6.45) is 0. The number of aromatic hydroxyl groups is 2. The van der Waals surface area contributed by atoms with Gasteiger partial charge in [0.05, 0.1) is 13.2 Å². The molecule has 0 unspecified atom stereocenters. The van der Waals surface area contributed by atoms with E-state index in [9.17, 15) is 10.2 Å². The van der Waals surface area contributed by atoms with E-state index < -0.39 is 0 Å². The van der Waals surface area contributed by atoms with Crippen molar-refractivity contribution in [3.05, 3.63) is 109 Å². The van der Waals surface area contributed by atoms with Gasteiger partial charge in [0.15, 0.2) is 0 Å². The highest BCUT2D eigenvalue weighted by atomic mass is 16.5. The number of rotatable bonds is 8. The fraction of sp³-hybridized carbons (Fsp3) is 0.118. The fourth-order valence-corrected chi connectivity index (χ4v) is 4.55. The second-order valence-corrected chi connectivity index (χ2v) is 8.96. The highest BCUT2D eigenvalue weighted by molar-refractivity contribution is 5.83. The van der Waals surface area contributed by atoms with Gasteiger partial charge < -0.3 is 19.7 Å². The molecule has 5 aromatic rings. The molecular weight excluding hydrogens is 472 g/mol. The maximum Gasteiger partial charge on any atom is 0.127 e. The van der Waals surface area contributed by atoms with Crippen LogP contribution in [0.5, 0.6) is 23.0 Å². The highest BCUT2D eigenvalue weighted by Crippen LogP contribution is 2.42. The largest absolute Gasteiger partial charge is 0.508 e. The van der Waals surface area contributed by atoms with Gasteiger partial charge in [-0.15, -0.1) is 0 Å². The minimum Gasteiger partial charge on any atom is -0.508 e. The Bertz CT molecular complexity index is 1380. The van der Waals surface area contributed by atoms with Crippen LogP contribution in [0.4, 0.5) is 0 Å². The minimum atomic E-state index is 0.255. The summed E-state index contributed by atoms with van der Waals surface area (Å²) >= 11 is 0. The Kier molecular flexibility index (Phi) is 7.32. The van der Waals surface area contributed by atoms with Crippen LogP contribution in [0.1, 0.15) is 13.8 Å². The van der Waals surface area contributed by atoms with Crippen LogP contribution in [0.25, 0.3) is 44.5 Å². The van der Waals surface area contributed by atoms with Gasteiger partial charge in [0.1, 0.15) is 23.0 Å². The maximum atomic E-state index is 9.59. The van der Waals surface area contributed by atoms with Gasteiger partial charge in [-0.1, -0.05) is 72.8 Å². The molecule has 0 saturated carbocycles. The molecule has 0 bridgehead atoms. The first kappa shape index (κ1) is 25.0. The van der Waals surface area contributed by atoms with Gasteiger partial charge in [-0.3, -0.25) is 0 Å². The van der Waals surface area contributed by atoms with Crippen LogP contribution < -0.4 is 9.47 Å². The van der Waals surface area contributed by atoms with Crippen LogP contribution in [0.3, 0.4) is 0 Å². The average Bonchev–Trinajstić information content (AvgIpc) is 2.95. The van der Waals surface area contributed by atoms with Gasteiger partial charge in [0.25, 0.3) is 0 Å². The van der Waals surface area contributed by atoms with Gasteiger partial charge in [0, 0.05) is 11.1 Å². The molecule has 0 aliphatic carbocycles. The maximum absolute atomic E-state index is 9.59. The molecule has 0 atom stereocenters. The molecule has 5 rings (SSSR count). The van der Waals surface area contributed by atoms with Crippen molar-refractivity contribution in [2.75, 3.05) is 13.2 Å². The van der Waals surface area contributed by atoms with Crippen LogP contribution in [-0.4, -0.2) is 23.4 Å². The lowest BCUT2D eigenvalue weighted by atomic mass is 9.95. The van der Waals surface area contributed by atoms with Crippen LogP contribution in [0.15, 0.2) is 109 Å². The summed E-state index contributed by atoms with van der Waals surface area (Å²) in [5, 5.41) is 19.2. The van der Waals surface area contributed by atoms with E-state index in [4.69, 9.17) is 9.47 Å². The monoisotopic (exact) mass is 502 g/mol. The Morgan fingerprint density at radius 2 is 0.684 bits per heavy atom. The van der Waals surface area contributed by atoms with Crippen LogP contribution in [0, 0.1) is 0 Å². The molecule has 0 fully saturated rings. The second kappa shape index (κ2) is 11.1. The molecule has 0 heterocycles. The summed E-state index contributed by atoms with van der Waals surface area (Å²) < 4.78 is 12.2. The number of phenols is 2. The third kappa shape index (κ3) is 5.35. The van der Waals surface area contributed by atoms with Crippen molar-refractivity contribution < 1.29 is 19.7 Å². The number of hydrogen-bond acceptors (Lipinski definition) is 4. The molecule has 0 aromatic heterocycles. The lowest BCUT2D eigenvalue weighted by molar-refractivity contribution is 0.333. The van der Waals surface area contributed by atoms with E-state index in [1.165, 1.54) is 0 Å². The highest BCUT2D eigenvalue weighted by Gasteiger charge is 2.16. The van der Waals surface area contributed by atoms with Crippen molar-refractivity contribution in [2.24, 2.45) is 0 Å². The van der Waals surface area contributed by atoms with E-state index in [0.717, 1.165) is 56.0 Å². The van der Waals surface area contributed by atoms with Crippen LogP contribution >= 0.6 is 0 Å². The van der Waals surface area contributed by atoms with Crippen molar-refractivity contribution in [1.29, 1.82) is 0 Å². The van der Waals surface area contributed by atoms with Gasteiger partial charge in [0.2, 0.25) is 0 Å². The quantitative estimate of drug-likeness (QED) is 0.223. The first-order chi connectivity index (χ1) is 18.6. The third-order valence-electron chi connectivity index (χ3n) is 6.47.